The first kappa shape index (κ1) is 13.1. The maximum atomic E-state index is 5.51. The van der Waals surface area contributed by atoms with Crippen molar-refractivity contribution in [3.63, 3.8) is 0 Å². The number of piperidine rings is 1. The van der Waals surface area contributed by atoms with Gasteiger partial charge in [0, 0.05) is 12.5 Å². The molecule has 1 saturated carbocycles. The van der Waals surface area contributed by atoms with E-state index in [4.69, 9.17) is 9.51 Å². The number of aromatic nitrogens is 2. The standard InChI is InChI=1S/C15H25N3O/c1-2-11-5-7-12(8-6-11)14-17-15(19-18-14)13-4-3-9-16-10-13/h11-13,16H,2-10H2,1H3/t11?,12?,13-/m0/s1. The molecule has 1 saturated heterocycles. The molecule has 0 spiro atoms. The van der Waals surface area contributed by atoms with Crippen LogP contribution in [0.5, 0.6) is 0 Å². The zero-order valence-corrected chi connectivity index (χ0v) is 11.9. The van der Waals surface area contributed by atoms with Crippen LogP contribution in [0.15, 0.2) is 4.52 Å². The molecule has 1 aromatic heterocycles. The van der Waals surface area contributed by atoms with Gasteiger partial charge in [-0.15, -0.1) is 0 Å². The molecule has 2 fully saturated rings. The van der Waals surface area contributed by atoms with Gasteiger partial charge in [0.15, 0.2) is 5.82 Å². The highest BCUT2D eigenvalue weighted by atomic mass is 16.5. The van der Waals surface area contributed by atoms with Gasteiger partial charge in [-0.05, 0) is 51.0 Å². The fourth-order valence-electron chi connectivity index (χ4n) is 3.47. The quantitative estimate of drug-likeness (QED) is 0.909. The highest BCUT2D eigenvalue weighted by molar-refractivity contribution is 5.02. The van der Waals surface area contributed by atoms with E-state index in [-0.39, 0.29) is 0 Å². The highest BCUT2D eigenvalue weighted by Crippen LogP contribution is 2.36. The van der Waals surface area contributed by atoms with Crippen LogP contribution in [0.3, 0.4) is 0 Å². The smallest absolute Gasteiger partial charge is 0.231 e. The molecule has 3 rings (SSSR count). The summed E-state index contributed by atoms with van der Waals surface area (Å²) < 4.78 is 5.51. The van der Waals surface area contributed by atoms with Gasteiger partial charge >= 0.3 is 0 Å². The second-order valence-corrected chi connectivity index (χ2v) is 6.16. The van der Waals surface area contributed by atoms with E-state index in [2.05, 4.69) is 17.4 Å². The van der Waals surface area contributed by atoms with Crippen LogP contribution in [-0.4, -0.2) is 23.2 Å². The van der Waals surface area contributed by atoms with Crippen molar-refractivity contribution >= 4 is 0 Å². The van der Waals surface area contributed by atoms with Crippen LogP contribution in [0.2, 0.25) is 0 Å². The number of hydrogen-bond acceptors (Lipinski definition) is 4. The zero-order valence-electron chi connectivity index (χ0n) is 11.9. The average Bonchev–Trinajstić information content (AvgIpc) is 2.98. The van der Waals surface area contributed by atoms with Crippen molar-refractivity contribution in [3.05, 3.63) is 11.7 Å². The molecule has 4 nitrogen and oxygen atoms in total. The van der Waals surface area contributed by atoms with Gasteiger partial charge in [-0.2, -0.15) is 4.98 Å². The van der Waals surface area contributed by atoms with Gasteiger partial charge in [0.25, 0.3) is 0 Å². The van der Waals surface area contributed by atoms with Crippen LogP contribution in [0.4, 0.5) is 0 Å². The number of nitrogens with zero attached hydrogens (tertiary/aromatic N) is 2. The van der Waals surface area contributed by atoms with E-state index in [9.17, 15) is 0 Å². The van der Waals surface area contributed by atoms with Crippen molar-refractivity contribution in [3.8, 4) is 0 Å². The monoisotopic (exact) mass is 263 g/mol. The molecular weight excluding hydrogens is 238 g/mol. The Hall–Kier alpha value is -0.900. The Morgan fingerprint density at radius 1 is 1.16 bits per heavy atom. The first-order valence-corrected chi connectivity index (χ1v) is 7.91. The molecule has 0 bridgehead atoms. The largest absolute Gasteiger partial charge is 0.339 e. The summed E-state index contributed by atoms with van der Waals surface area (Å²) in [6.07, 6.45) is 8.84. The Morgan fingerprint density at radius 2 is 2.00 bits per heavy atom. The van der Waals surface area contributed by atoms with Crippen LogP contribution in [0.1, 0.15) is 75.4 Å². The fourth-order valence-corrected chi connectivity index (χ4v) is 3.47. The van der Waals surface area contributed by atoms with Gasteiger partial charge in [0.2, 0.25) is 5.89 Å². The van der Waals surface area contributed by atoms with E-state index in [1.54, 1.807) is 0 Å². The lowest BCUT2D eigenvalue weighted by Gasteiger charge is -2.25. The lowest BCUT2D eigenvalue weighted by molar-refractivity contribution is 0.296. The first-order chi connectivity index (χ1) is 9.36. The Bertz CT molecular complexity index is 390. The minimum Gasteiger partial charge on any atom is -0.339 e. The second-order valence-electron chi connectivity index (χ2n) is 6.16. The molecule has 1 atom stereocenters. The summed E-state index contributed by atoms with van der Waals surface area (Å²) in [6.45, 7) is 4.41. The van der Waals surface area contributed by atoms with E-state index in [0.717, 1.165) is 30.7 Å². The Kier molecular flexibility index (Phi) is 4.16. The maximum absolute atomic E-state index is 5.51. The van der Waals surface area contributed by atoms with Crippen LogP contribution in [0, 0.1) is 5.92 Å². The van der Waals surface area contributed by atoms with Crippen molar-refractivity contribution in [1.29, 1.82) is 0 Å². The Labute approximate surface area is 115 Å². The second kappa shape index (κ2) is 6.04. The molecule has 2 aliphatic rings. The van der Waals surface area contributed by atoms with E-state index in [1.165, 1.54) is 44.9 Å². The van der Waals surface area contributed by atoms with Gasteiger partial charge in [0.1, 0.15) is 0 Å². The fraction of sp³-hybridized carbons (Fsp3) is 0.867. The third-order valence-electron chi connectivity index (χ3n) is 4.89. The molecule has 19 heavy (non-hydrogen) atoms. The van der Waals surface area contributed by atoms with Crippen molar-refractivity contribution in [1.82, 2.24) is 15.5 Å². The third kappa shape index (κ3) is 2.99. The average molecular weight is 263 g/mol. The molecule has 1 aliphatic carbocycles. The lowest BCUT2D eigenvalue weighted by atomic mass is 9.80. The van der Waals surface area contributed by atoms with E-state index in [1.807, 2.05) is 0 Å². The van der Waals surface area contributed by atoms with E-state index in [0.29, 0.717) is 11.8 Å². The minimum absolute atomic E-state index is 0.432. The summed E-state index contributed by atoms with van der Waals surface area (Å²) >= 11 is 0. The van der Waals surface area contributed by atoms with E-state index >= 15 is 0 Å². The molecule has 0 unspecified atom stereocenters. The molecule has 0 aromatic carbocycles. The molecule has 106 valence electrons. The number of rotatable bonds is 3. The Morgan fingerprint density at radius 3 is 2.68 bits per heavy atom. The van der Waals surface area contributed by atoms with Gasteiger partial charge in [-0.3, -0.25) is 0 Å². The van der Waals surface area contributed by atoms with Crippen LogP contribution in [0.25, 0.3) is 0 Å². The topological polar surface area (TPSA) is 51.0 Å². The molecule has 1 aromatic rings. The third-order valence-corrected chi connectivity index (χ3v) is 4.89. The summed E-state index contributed by atoms with van der Waals surface area (Å²) in [5, 5.41) is 7.66. The summed E-state index contributed by atoms with van der Waals surface area (Å²) in [5.41, 5.74) is 0. The number of nitrogens with one attached hydrogen (secondary N) is 1. The van der Waals surface area contributed by atoms with Crippen molar-refractivity contribution in [2.45, 2.75) is 63.7 Å². The van der Waals surface area contributed by atoms with Crippen LogP contribution in [-0.2, 0) is 0 Å². The van der Waals surface area contributed by atoms with Crippen molar-refractivity contribution in [2.75, 3.05) is 13.1 Å². The molecule has 0 amide bonds. The van der Waals surface area contributed by atoms with Crippen molar-refractivity contribution in [2.24, 2.45) is 5.92 Å². The maximum Gasteiger partial charge on any atom is 0.231 e. The predicted molar refractivity (Wildman–Crippen MR) is 74.1 cm³/mol. The Balaban J connectivity index is 1.61. The summed E-state index contributed by atoms with van der Waals surface area (Å²) in [4.78, 5) is 4.69. The first-order valence-electron chi connectivity index (χ1n) is 7.91. The van der Waals surface area contributed by atoms with Crippen molar-refractivity contribution < 1.29 is 4.52 Å². The molecule has 4 heteroatoms. The molecule has 0 radical (unpaired) electrons. The SMILES string of the molecule is CCC1CCC(c2noc([C@H]3CCCNC3)n2)CC1. The number of hydrogen-bond donors (Lipinski definition) is 1. The van der Waals surface area contributed by atoms with Crippen LogP contribution >= 0.6 is 0 Å². The molecule has 1 aliphatic heterocycles. The summed E-state index contributed by atoms with van der Waals surface area (Å²) in [5.74, 6) is 3.72. The van der Waals surface area contributed by atoms with Gasteiger partial charge in [0.05, 0.1) is 5.92 Å². The van der Waals surface area contributed by atoms with E-state index < -0.39 is 0 Å². The van der Waals surface area contributed by atoms with Gasteiger partial charge < -0.3 is 9.84 Å². The van der Waals surface area contributed by atoms with Gasteiger partial charge in [-0.1, -0.05) is 18.5 Å². The predicted octanol–water partition coefficient (Wildman–Crippen LogP) is 3.22. The summed E-state index contributed by atoms with van der Waals surface area (Å²) in [7, 11) is 0. The normalized spacial score (nSPS) is 32.4. The molecular formula is C15H25N3O. The lowest BCUT2D eigenvalue weighted by Crippen LogP contribution is -2.28. The molecule has 2 heterocycles. The minimum atomic E-state index is 0.432. The van der Waals surface area contributed by atoms with Gasteiger partial charge in [-0.25, -0.2) is 0 Å². The highest BCUT2D eigenvalue weighted by Gasteiger charge is 2.27. The molecule has 1 N–H and O–H groups in total. The zero-order chi connectivity index (χ0) is 13.1. The van der Waals surface area contributed by atoms with Crippen LogP contribution < -0.4 is 5.32 Å². The summed E-state index contributed by atoms with van der Waals surface area (Å²) in [6, 6.07) is 0.